The van der Waals surface area contributed by atoms with Crippen LogP contribution in [0.4, 0.5) is 0 Å². The molecule has 2 nitrogen and oxygen atoms in total. The van der Waals surface area contributed by atoms with Crippen molar-refractivity contribution in [1.29, 1.82) is 0 Å². The molecule has 2 aromatic rings. The first-order chi connectivity index (χ1) is 8.29. The molecule has 2 rings (SSSR count). The lowest BCUT2D eigenvalue weighted by molar-refractivity contribution is 0.698. The largest absolute Gasteiger partial charge is 0.324 e. The Bertz CT molecular complexity index is 453. The maximum absolute atomic E-state index is 5.98. The summed E-state index contributed by atoms with van der Waals surface area (Å²) >= 11 is 1.73. The molecule has 2 N–H and O–H groups in total. The van der Waals surface area contributed by atoms with Crippen molar-refractivity contribution in [3.05, 3.63) is 54.4 Å². The van der Waals surface area contributed by atoms with Gasteiger partial charge in [0.1, 0.15) is 0 Å². The van der Waals surface area contributed by atoms with E-state index in [1.807, 2.05) is 24.5 Å². The lowest BCUT2D eigenvalue weighted by Gasteiger charge is -2.09. The minimum absolute atomic E-state index is 0.148. The van der Waals surface area contributed by atoms with Crippen LogP contribution in [-0.2, 0) is 0 Å². The number of rotatable bonds is 4. The van der Waals surface area contributed by atoms with Gasteiger partial charge in [0.2, 0.25) is 0 Å². The van der Waals surface area contributed by atoms with Gasteiger partial charge < -0.3 is 5.73 Å². The first-order valence-corrected chi connectivity index (χ1v) is 6.54. The van der Waals surface area contributed by atoms with Crippen molar-refractivity contribution < 1.29 is 0 Å². The summed E-state index contributed by atoms with van der Waals surface area (Å²) in [5.74, 6) is 0. The Morgan fingerprint density at radius 1 is 1.06 bits per heavy atom. The SMILES string of the molecule is CC[C@H](N)c1ccc(Sc2ccncc2)cc1. The third kappa shape index (κ3) is 3.32. The number of pyridine rings is 1. The van der Waals surface area contributed by atoms with Crippen LogP contribution in [0, 0.1) is 0 Å². The maximum atomic E-state index is 5.98. The van der Waals surface area contributed by atoms with Gasteiger partial charge in [0.05, 0.1) is 0 Å². The molecule has 17 heavy (non-hydrogen) atoms. The number of benzene rings is 1. The second-order valence-electron chi connectivity index (χ2n) is 3.87. The monoisotopic (exact) mass is 244 g/mol. The van der Waals surface area contributed by atoms with Crippen molar-refractivity contribution >= 4 is 11.8 Å². The Labute approximate surface area is 106 Å². The lowest BCUT2D eigenvalue weighted by atomic mass is 10.1. The van der Waals surface area contributed by atoms with Crippen LogP contribution >= 0.6 is 11.8 Å². The Balaban J connectivity index is 2.08. The van der Waals surface area contributed by atoms with Crippen molar-refractivity contribution in [1.82, 2.24) is 4.98 Å². The minimum Gasteiger partial charge on any atom is -0.324 e. The van der Waals surface area contributed by atoms with Crippen LogP contribution in [0.1, 0.15) is 24.9 Å². The number of hydrogen-bond donors (Lipinski definition) is 1. The second kappa shape index (κ2) is 5.84. The van der Waals surface area contributed by atoms with E-state index in [-0.39, 0.29) is 6.04 Å². The Morgan fingerprint density at radius 2 is 1.65 bits per heavy atom. The predicted molar refractivity (Wildman–Crippen MR) is 72.0 cm³/mol. The standard InChI is InChI=1S/C14H16N2S/c1-2-14(15)11-3-5-12(6-4-11)17-13-7-9-16-10-8-13/h3-10,14H,2,15H2,1H3/t14-/m0/s1. The van der Waals surface area contributed by atoms with E-state index in [1.54, 1.807) is 11.8 Å². The zero-order chi connectivity index (χ0) is 12.1. The number of nitrogens with two attached hydrogens (primary N) is 1. The Morgan fingerprint density at radius 3 is 2.24 bits per heavy atom. The van der Waals surface area contributed by atoms with Gasteiger partial charge in [0.25, 0.3) is 0 Å². The van der Waals surface area contributed by atoms with Crippen LogP contribution in [0.5, 0.6) is 0 Å². The molecular weight excluding hydrogens is 228 g/mol. The van der Waals surface area contributed by atoms with Gasteiger partial charge in [-0.15, -0.1) is 0 Å². The quantitative estimate of drug-likeness (QED) is 0.892. The molecule has 0 unspecified atom stereocenters. The van der Waals surface area contributed by atoms with Crippen LogP contribution in [-0.4, -0.2) is 4.98 Å². The van der Waals surface area contributed by atoms with E-state index in [4.69, 9.17) is 5.73 Å². The molecule has 3 heteroatoms. The van der Waals surface area contributed by atoms with E-state index in [0.29, 0.717) is 0 Å². The molecule has 0 fully saturated rings. The molecule has 0 aliphatic heterocycles. The van der Waals surface area contributed by atoms with Crippen molar-refractivity contribution in [2.45, 2.75) is 29.2 Å². The molecule has 0 saturated carbocycles. The van der Waals surface area contributed by atoms with E-state index in [2.05, 4.69) is 36.2 Å². The van der Waals surface area contributed by atoms with E-state index in [1.165, 1.54) is 15.4 Å². The summed E-state index contributed by atoms with van der Waals surface area (Å²) in [4.78, 5) is 6.43. The van der Waals surface area contributed by atoms with E-state index >= 15 is 0 Å². The van der Waals surface area contributed by atoms with Gasteiger partial charge in [-0.25, -0.2) is 0 Å². The fourth-order valence-electron chi connectivity index (χ4n) is 1.56. The highest BCUT2D eigenvalue weighted by molar-refractivity contribution is 7.99. The summed E-state index contributed by atoms with van der Waals surface area (Å²) in [5.41, 5.74) is 7.18. The number of nitrogens with zero attached hydrogens (tertiary/aromatic N) is 1. The average molecular weight is 244 g/mol. The van der Waals surface area contributed by atoms with Gasteiger partial charge in [-0.05, 0) is 36.2 Å². The number of aromatic nitrogens is 1. The lowest BCUT2D eigenvalue weighted by Crippen LogP contribution is -2.07. The molecule has 0 saturated heterocycles. The first-order valence-electron chi connectivity index (χ1n) is 5.73. The van der Waals surface area contributed by atoms with Crippen molar-refractivity contribution in [2.75, 3.05) is 0 Å². The van der Waals surface area contributed by atoms with E-state index < -0.39 is 0 Å². The highest BCUT2D eigenvalue weighted by Crippen LogP contribution is 2.27. The molecule has 0 radical (unpaired) electrons. The molecular formula is C14H16N2S. The summed E-state index contributed by atoms with van der Waals surface area (Å²) in [7, 11) is 0. The Hall–Kier alpha value is -1.32. The van der Waals surface area contributed by atoms with Crippen LogP contribution in [0.3, 0.4) is 0 Å². The zero-order valence-corrected chi connectivity index (χ0v) is 10.7. The van der Waals surface area contributed by atoms with Gasteiger partial charge >= 0.3 is 0 Å². The average Bonchev–Trinajstić information content (AvgIpc) is 2.40. The van der Waals surface area contributed by atoms with Crippen molar-refractivity contribution in [3.8, 4) is 0 Å². The van der Waals surface area contributed by atoms with Gasteiger partial charge in [-0.3, -0.25) is 4.98 Å². The fourth-order valence-corrected chi connectivity index (χ4v) is 2.36. The second-order valence-corrected chi connectivity index (χ2v) is 5.02. The summed E-state index contributed by atoms with van der Waals surface area (Å²) in [5, 5.41) is 0. The molecule has 0 aliphatic carbocycles. The molecule has 0 aliphatic rings. The molecule has 0 spiro atoms. The van der Waals surface area contributed by atoms with Crippen LogP contribution in [0.25, 0.3) is 0 Å². The first kappa shape index (κ1) is 12.1. The smallest absolute Gasteiger partial charge is 0.0292 e. The van der Waals surface area contributed by atoms with Gasteiger partial charge in [-0.1, -0.05) is 30.8 Å². The maximum Gasteiger partial charge on any atom is 0.0292 e. The fraction of sp³-hybridized carbons (Fsp3) is 0.214. The summed E-state index contributed by atoms with van der Waals surface area (Å²) in [6, 6.07) is 12.6. The molecule has 0 bridgehead atoms. The van der Waals surface area contributed by atoms with Gasteiger partial charge in [0.15, 0.2) is 0 Å². The van der Waals surface area contributed by atoms with Crippen molar-refractivity contribution in [2.24, 2.45) is 5.73 Å². The predicted octanol–water partition coefficient (Wildman–Crippen LogP) is 3.64. The minimum atomic E-state index is 0.148. The topological polar surface area (TPSA) is 38.9 Å². The third-order valence-electron chi connectivity index (χ3n) is 2.63. The Kier molecular flexibility index (Phi) is 4.18. The normalized spacial score (nSPS) is 12.4. The number of hydrogen-bond acceptors (Lipinski definition) is 3. The highest BCUT2D eigenvalue weighted by Gasteiger charge is 2.03. The molecule has 88 valence electrons. The summed E-state index contributed by atoms with van der Waals surface area (Å²) < 4.78 is 0. The third-order valence-corrected chi connectivity index (χ3v) is 3.65. The summed E-state index contributed by atoms with van der Waals surface area (Å²) in [6.07, 6.45) is 4.59. The van der Waals surface area contributed by atoms with Crippen molar-refractivity contribution in [3.63, 3.8) is 0 Å². The van der Waals surface area contributed by atoms with Gasteiger partial charge in [-0.2, -0.15) is 0 Å². The summed E-state index contributed by atoms with van der Waals surface area (Å²) in [6.45, 7) is 2.10. The van der Waals surface area contributed by atoms with Crippen LogP contribution < -0.4 is 5.73 Å². The van der Waals surface area contributed by atoms with Gasteiger partial charge in [0, 0.05) is 28.2 Å². The molecule has 1 aromatic heterocycles. The molecule has 1 heterocycles. The highest BCUT2D eigenvalue weighted by atomic mass is 32.2. The van der Waals surface area contributed by atoms with Crippen LogP contribution in [0.15, 0.2) is 58.6 Å². The zero-order valence-electron chi connectivity index (χ0n) is 9.84. The van der Waals surface area contributed by atoms with Crippen LogP contribution in [0.2, 0.25) is 0 Å². The van der Waals surface area contributed by atoms with E-state index in [0.717, 1.165) is 6.42 Å². The molecule has 0 amide bonds. The van der Waals surface area contributed by atoms with E-state index in [9.17, 15) is 0 Å². The molecule has 1 atom stereocenters. The molecule has 1 aromatic carbocycles.